The molecule has 0 unspecified atom stereocenters. The number of sulfonamides is 1. The summed E-state index contributed by atoms with van der Waals surface area (Å²) in [5, 5.41) is 0.485. The third kappa shape index (κ3) is 4.37. The number of rotatable bonds is 7. The Morgan fingerprint density at radius 3 is 2.32 bits per heavy atom. The summed E-state index contributed by atoms with van der Waals surface area (Å²) in [5.74, 6) is 1.17. The zero-order chi connectivity index (χ0) is 16.0. The zero-order valence-corrected chi connectivity index (χ0v) is 13.5. The summed E-state index contributed by atoms with van der Waals surface area (Å²) < 4.78 is 37.2. The molecule has 118 valence electrons. The molecule has 1 N–H and O–H groups in total. The molecule has 22 heavy (non-hydrogen) atoms. The highest BCUT2D eigenvalue weighted by Crippen LogP contribution is 2.25. The van der Waals surface area contributed by atoms with Crippen molar-refractivity contribution in [3.8, 4) is 11.5 Å². The quantitative estimate of drug-likeness (QED) is 0.786. The number of benzene rings is 2. The van der Waals surface area contributed by atoms with Crippen molar-refractivity contribution in [2.45, 2.75) is 4.90 Å². The highest BCUT2D eigenvalue weighted by atomic mass is 35.5. The fourth-order valence-corrected chi connectivity index (χ4v) is 2.91. The normalized spacial score (nSPS) is 11.2. The van der Waals surface area contributed by atoms with Gasteiger partial charge >= 0.3 is 0 Å². The third-order valence-electron chi connectivity index (χ3n) is 2.84. The van der Waals surface area contributed by atoms with Crippen LogP contribution in [0.1, 0.15) is 0 Å². The maximum atomic E-state index is 12.0. The van der Waals surface area contributed by atoms with Crippen molar-refractivity contribution in [1.82, 2.24) is 4.72 Å². The van der Waals surface area contributed by atoms with E-state index in [0.717, 1.165) is 0 Å². The Balaban J connectivity index is 1.89. The lowest BCUT2D eigenvalue weighted by Gasteiger charge is -2.11. The van der Waals surface area contributed by atoms with Crippen LogP contribution >= 0.6 is 11.6 Å². The lowest BCUT2D eigenvalue weighted by Crippen LogP contribution is -2.28. The van der Waals surface area contributed by atoms with Gasteiger partial charge in [-0.3, -0.25) is 0 Å². The van der Waals surface area contributed by atoms with Crippen LogP contribution < -0.4 is 14.2 Å². The number of nitrogens with one attached hydrogen (secondary N) is 1. The molecule has 0 aliphatic heterocycles. The molecule has 0 aliphatic rings. The van der Waals surface area contributed by atoms with Crippen molar-refractivity contribution in [3.63, 3.8) is 0 Å². The molecule has 2 rings (SSSR count). The third-order valence-corrected chi connectivity index (χ3v) is 4.57. The van der Waals surface area contributed by atoms with Crippen molar-refractivity contribution in [2.75, 3.05) is 20.3 Å². The number of ether oxygens (including phenoxy) is 2. The molecular formula is C15H16ClNO4S. The SMILES string of the molecule is COc1ccccc1OCCNS(=O)(=O)c1ccc(Cl)cc1. The van der Waals surface area contributed by atoms with E-state index < -0.39 is 10.0 Å². The summed E-state index contributed by atoms with van der Waals surface area (Å²) >= 11 is 5.74. The standard InChI is InChI=1S/C15H16ClNO4S/c1-20-14-4-2-3-5-15(14)21-11-10-17-22(18,19)13-8-6-12(16)7-9-13/h2-9,17H,10-11H2,1H3. The zero-order valence-electron chi connectivity index (χ0n) is 12.0. The van der Waals surface area contributed by atoms with Gasteiger partial charge in [-0.1, -0.05) is 23.7 Å². The van der Waals surface area contributed by atoms with Crippen molar-refractivity contribution in [1.29, 1.82) is 0 Å². The molecule has 0 atom stereocenters. The van der Waals surface area contributed by atoms with Crippen LogP contribution in [0.2, 0.25) is 5.02 Å². The Labute approximate surface area is 134 Å². The van der Waals surface area contributed by atoms with Crippen LogP contribution in [-0.2, 0) is 10.0 Å². The number of methoxy groups -OCH3 is 1. The largest absolute Gasteiger partial charge is 0.493 e. The van der Waals surface area contributed by atoms with Crippen LogP contribution in [0.5, 0.6) is 11.5 Å². The average Bonchev–Trinajstić information content (AvgIpc) is 2.52. The Hall–Kier alpha value is -1.76. The topological polar surface area (TPSA) is 64.6 Å². The Morgan fingerprint density at radius 1 is 1.05 bits per heavy atom. The number of para-hydroxylation sites is 2. The average molecular weight is 342 g/mol. The van der Waals surface area contributed by atoms with Gasteiger partial charge in [0.25, 0.3) is 0 Å². The van der Waals surface area contributed by atoms with E-state index in [4.69, 9.17) is 21.1 Å². The van der Waals surface area contributed by atoms with Crippen molar-refractivity contribution < 1.29 is 17.9 Å². The molecule has 0 aromatic heterocycles. The van der Waals surface area contributed by atoms with Gasteiger partial charge in [0.15, 0.2) is 11.5 Å². The highest BCUT2D eigenvalue weighted by molar-refractivity contribution is 7.89. The maximum Gasteiger partial charge on any atom is 0.240 e. The Kier molecular flexibility index (Phi) is 5.65. The van der Waals surface area contributed by atoms with Crippen LogP contribution in [0.3, 0.4) is 0 Å². The van der Waals surface area contributed by atoms with E-state index >= 15 is 0 Å². The summed E-state index contributed by atoms with van der Waals surface area (Å²) in [6.45, 7) is 0.330. The lowest BCUT2D eigenvalue weighted by atomic mass is 10.3. The van der Waals surface area contributed by atoms with Gasteiger partial charge in [-0.2, -0.15) is 0 Å². The summed E-state index contributed by atoms with van der Waals surface area (Å²) in [5.41, 5.74) is 0. The minimum atomic E-state index is -3.57. The van der Waals surface area contributed by atoms with Crippen LogP contribution in [0.4, 0.5) is 0 Å². The minimum absolute atomic E-state index is 0.142. The van der Waals surface area contributed by atoms with Crippen LogP contribution in [-0.4, -0.2) is 28.7 Å². The first-order valence-corrected chi connectivity index (χ1v) is 8.40. The molecule has 7 heteroatoms. The first-order chi connectivity index (χ1) is 10.5. The lowest BCUT2D eigenvalue weighted by molar-refractivity contribution is 0.299. The molecule has 0 radical (unpaired) electrons. The van der Waals surface area contributed by atoms with Gasteiger partial charge in [0.05, 0.1) is 12.0 Å². The number of hydrogen-bond donors (Lipinski definition) is 1. The van der Waals surface area contributed by atoms with Gasteiger partial charge in [0.2, 0.25) is 10.0 Å². The van der Waals surface area contributed by atoms with Gasteiger partial charge in [-0.15, -0.1) is 0 Å². The monoisotopic (exact) mass is 341 g/mol. The Morgan fingerprint density at radius 2 is 1.68 bits per heavy atom. The molecule has 0 spiro atoms. The summed E-state index contributed by atoms with van der Waals surface area (Å²) in [6, 6.07) is 13.1. The fraction of sp³-hybridized carbons (Fsp3) is 0.200. The fourth-order valence-electron chi connectivity index (χ4n) is 1.77. The molecule has 0 bridgehead atoms. The smallest absolute Gasteiger partial charge is 0.240 e. The van der Waals surface area contributed by atoms with Crippen LogP contribution in [0.25, 0.3) is 0 Å². The second-order valence-corrected chi connectivity index (χ2v) is 6.55. The first-order valence-electron chi connectivity index (χ1n) is 6.54. The van der Waals surface area contributed by atoms with Crippen molar-refractivity contribution in [2.24, 2.45) is 0 Å². The summed E-state index contributed by atoms with van der Waals surface area (Å²) in [7, 11) is -2.02. The van der Waals surface area contributed by atoms with E-state index in [1.165, 1.54) is 24.3 Å². The highest BCUT2D eigenvalue weighted by Gasteiger charge is 2.13. The molecule has 5 nitrogen and oxygen atoms in total. The molecule has 0 amide bonds. The molecule has 0 saturated carbocycles. The Bertz CT molecular complexity index is 717. The van der Waals surface area contributed by atoms with E-state index in [1.54, 1.807) is 19.2 Å². The van der Waals surface area contributed by atoms with Gasteiger partial charge in [-0.25, -0.2) is 13.1 Å². The maximum absolute atomic E-state index is 12.0. The molecule has 2 aromatic rings. The van der Waals surface area contributed by atoms with Crippen molar-refractivity contribution in [3.05, 3.63) is 53.6 Å². The molecule has 0 saturated heterocycles. The second kappa shape index (κ2) is 7.49. The van der Waals surface area contributed by atoms with Crippen LogP contribution in [0.15, 0.2) is 53.4 Å². The van der Waals surface area contributed by atoms with Gasteiger partial charge in [-0.05, 0) is 36.4 Å². The van der Waals surface area contributed by atoms with Gasteiger partial charge in [0, 0.05) is 11.6 Å². The molecule has 0 fully saturated rings. The van der Waals surface area contributed by atoms with Gasteiger partial charge < -0.3 is 9.47 Å². The molecule has 0 aliphatic carbocycles. The molecule has 0 heterocycles. The van der Waals surface area contributed by atoms with E-state index in [2.05, 4.69) is 4.72 Å². The minimum Gasteiger partial charge on any atom is -0.493 e. The van der Waals surface area contributed by atoms with E-state index in [1.807, 2.05) is 12.1 Å². The second-order valence-electron chi connectivity index (χ2n) is 4.35. The van der Waals surface area contributed by atoms with E-state index in [-0.39, 0.29) is 18.0 Å². The number of hydrogen-bond acceptors (Lipinski definition) is 4. The predicted octanol–water partition coefficient (Wildman–Crippen LogP) is 2.71. The van der Waals surface area contributed by atoms with E-state index in [0.29, 0.717) is 16.5 Å². The van der Waals surface area contributed by atoms with Crippen LogP contribution in [0, 0.1) is 0 Å². The van der Waals surface area contributed by atoms with E-state index in [9.17, 15) is 8.42 Å². The first kappa shape index (κ1) is 16.6. The summed E-state index contributed by atoms with van der Waals surface area (Å²) in [6.07, 6.45) is 0. The summed E-state index contributed by atoms with van der Waals surface area (Å²) in [4.78, 5) is 0.161. The van der Waals surface area contributed by atoms with Crippen molar-refractivity contribution >= 4 is 21.6 Å². The number of halogens is 1. The molecule has 2 aromatic carbocycles. The molecular weight excluding hydrogens is 326 g/mol. The van der Waals surface area contributed by atoms with Gasteiger partial charge in [0.1, 0.15) is 6.61 Å². The predicted molar refractivity (Wildman–Crippen MR) is 85.1 cm³/mol.